The van der Waals surface area contributed by atoms with Gasteiger partial charge in [0.15, 0.2) is 0 Å². The van der Waals surface area contributed by atoms with Crippen LogP contribution in [0.5, 0.6) is 0 Å². The molecule has 0 spiro atoms. The Bertz CT molecular complexity index is 58.4. The monoisotopic (exact) mass is 161 g/mol. The van der Waals surface area contributed by atoms with Crippen LogP contribution < -0.4 is 0 Å². The Balaban J connectivity index is 2.69. The van der Waals surface area contributed by atoms with Crippen LogP contribution in [0.15, 0.2) is 0 Å². The molecule has 0 aliphatic heterocycles. The Hall–Kier alpha value is -0.120. The molecule has 0 rings (SSSR count). The molecule has 0 heterocycles. The second-order valence-electron chi connectivity index (χ2n) is 2.07. The lowest BCUT2D eigenvalue weighted by Gasteiger charge is -2.01. The summed E-state index contributed by atoms with van der Waals surface area (Å²) < 4.78 is 10.1. The van der Waals surface area contributed by atoms with Crippen LogP contribution in [0.2, 0.25) is 0 Å². The highest BCUT2D eigenvalue weighted by atomic mass is 16.5. The molecule has 0 fully saturated rings. The molecule has 0 aliphatic rings. The number of ether oxygens (including phenoxy) is 2. The third-order valence-corrected chi connectivity index (χ3v) is 1.14. The second-order valence-corrected chi connectivity index (χ2v) is 2.07. The van der Waals surface area contributed by atoms with Crippen LogP contribution in [0.25, 0.3) is 0 Å². The van der Waals surface area contributed by atoms with Crippen molar-refractivity contribution in [3.8, 4) is 0 Å². The van der Waals surface area contributed by atoms with E-state index in [1.807, 2.05) is 13.3 Å². The van der Waals surface area contributed by atoms with Gasteiger partial charge in [-0.15, -0.1) is 0 Å². The Morgan fingerprint density at radius 3 is 2.73 bits per heavy atom. The molecule has 0 bridgehead atoms. The number of rotatable bonds is 8. The van der Waals surface area contributed by atoms with Gasteiger partial charge in [0.25, 0.3) is 0 Å². The number of aliphatic hydroxyl groups is 1. The molecular weight excluding hydrogens is 144 g/mol. The molecule has 0 aromatic carbocycles. The summed E-state index contributed by atoms with van der Waals surface area (Å²) in [6.45, 7) is 4.63. The van der Waals surface area contributed by atoms with Gasteiger partial charge >= 0.3 is 0 Å². The van der Waals surface area contributed by atoms with E-state index in [-0.39, 0.29) is 6.61 Å². The summed E-state index contributed by atoms with van der Waals surface area (Å²) >= 11 is 0. The minimum atomic E-state index is 0.103. The number of unbranched alkanes of at least 4 members (excludes halogenated alkanes) is 1. The average molecular weight is 161 g/mol. The fraction of sp³-hybridized carbons (Fsp3) is 0.875. The minimum Gasteiger partial charge on any atom is -0.394 e. The zero-order valence-corrected chi connectivity index (χ0v) is 7.08. The van der Waals surface area contributed by atoms with Crippen LogP contribution in [0, 0.1) is 6.42 Å². The summed E-state index contributed by atoms with van der Waals surface area (Å²) in [5, 5.41) is 8.35. The SMILES string of the molecule is CCOC[CH]CCOCCO. The topological polar surface area (TPSA) is 38.7 Å². The Labute approximate surface area is 68.3 Å². The highest BCUT2D eigenvalue weighted by Gasteiger charge is 1.88. The first-order valence-electron chi connectivity index (χ1n) is 3.99. The Kier molecular flexibility index (Phi) is 9.77. The van der Waals surface area contributed by atoms with Crippen molar-refractivity contribution in [2.75, 3.05) is 33.0 Å². The summed E-state index contributed by atoms with van der Waals surface area (Å²) in [4.78, 5) is 0. The lowest BCUT2D eigenvalue weighted by Crippen LogP contribution is -2.02. The van der Waals surface area contributed by atoms with Crippen molar-refractivity contribution in [2.45, 2.75) is 13.3 Å². The van der Waals surface area contributed by atoms with Crippen molar-refractivity contribution < 1.29 is 14.6 Å². The van der Waals surface area contributed by atoms with Gasteiger partial charge < -0.3 is 14.6 Å². The van der Waals surface area contributed by atoms with Gasteiger partial charge in [0.1, 0.15) is 0 Å². The van der Waals surface area contributed by atoms with Gasteiger partial charge in [-0.3, -0.25) is 0 Å². The minimum absolute atomic E-state index is 0.103. The molecule has 1 N–H and O–H groups in total. The third-order valence-electron chi connectivity index (χ3n) is 1.14. The molecule has 0 unspecified atom stereocenters. The van der Waals surface area contributed by atoms with Crippen LogP contribution in [-0.4, -0.2) is 38.1 Å². The highest BCUT2D eigenvalue weighted by molar-refractivity contribution is 4.61. The van der Waals surface area contributed by atoms with Gasteiger partial charge in [-0.2, -0.15) is 0 Å². The molecule has 0 amide bonds. The zero-order valence-electron chi connectivity index (χ0n) is 7.08. The number of hydrogen-bond donors (Lipinski definition) is 1. The first-order chi connectivity index (χ1) is 5.41. The van der Waals surface area contributed by atoms with E-state index < -0.39 is 0 Å². The lowest BCUT2D eigenvalue weighted by atomic mass is 10.3. The molecule has 0 saturated carbocycles. The van der Waals surface area contributed by atoms with Crippen molar-refractivity contribution in [1.82, 2.24) is 0 Å². The van der Waals surface area contributed by atoms with Crippen LogP contribution in [-0.2, 0) is 9.47 Å². The largest absolute Gasteiger partial charge is 0.394 e. The maximum Gasteiger partial charge on any atom is 0.0697 e. The van der Waals surface area contributed by atoms with E-state index in [2.05, 4.69) is 0 Å². The molecule has 0 saturated heterocycles. The standard InChI is InChI=1S/C8H17O3/c1-2-10-6-3-4-7-11-8-5-9/h3,9H,2,4-8H2,1H3. The van der Waals surface area contributed by atoms with Crippen LogP contribution >= 0.6 is 0 Å². The van der Waals surface area contributed by atoms with E-state index in [1.165, 1.54) is 0 Å². The van der Waals surface area contributed by atoms with Gasteiger partial charge in [-0.25, -0.2) is 0 Å². The van der Waals surface area contributed by atoms with Crippen molar-refractivity contribution in [3.63, 3.8) is 0 Å². The summed E-state index contributed by atoms with van der Waals surface area (Å²) in [5.74, 6) is 0. The summed E-state index contributed by atoms with van der Waals surface area (Å²) in [6.07, 6.45) is 2.92. The molecule has 3 nitrogen and oxygen atoms in total. The van der Waals surface area contributed by atoms with Gasteiger partial charge in [0, 0.05) is 19.8 Å². The van der Waals surface area contributed by atoms with E-state index in [4.69, 9.17) is 14.6 Å². The third kappa shape index (κ3) is 9.88. The van der Waals surface area contributed by atoms with E-state index in [0.29, 0.717) is 19.8 Å². The van der Waals surface area contributed by atoms with Gasteiger partial charge in [-0.1, -0.05) is 0 Å². The summed E-state index contributed by atoms with van der Waals surface area (Å²) in [5.41, 5.74) is 0. The van der Waals surface area contributed by atoms with Crippen molar-refractivity contribution >= 4 is 0 Å². The number of aliphatic hydroxyl groups excluding tert-OH is 1. The average Bonchev–Trinajstić information content (AvgIpc) is 2.03. The molecule has 0 aromatic rings. The number of hydrogen-bond acceptors (Lipinski definition) is 3. The summed E-state index contributed by atoms with van der Waals surface area (Å²) in [6, 6.07) is 0. The van der Waals surface area contributed by atoms with Crippen molar-refractivity contribution in [1.29, 1.82) is 0 Å². The fourth-order valence-corrected chi connectivity index (χ4v) is 0.618. The second kappa shape index (κ2) is 9.88. The predicted molar refractivity (Wildman–Crippen MR) is 43.3 cm³/mol. The lowest BCUT2D eigenvalue weighted by molar-refractivity contribution is 0.0902. The van der Waals surface area contributed by atoms with Crippen LogP contribution in [0.4, 0.5) is 0 Å². The fourth-order valence-electron chi connectivity index (χ4n) is 0.618. The first-order valence-corrected chi connectivity index (χ1v) is 3.99. The smallest absolute Gasteiger partial charge is 0.0697 e. The normalized spacial score (nSPS) is 10.4. The van der Waals surface area contributed by atoms with E-state index in [9.17, 15) is 0 Å². The molecular formula is C8H17O3. The maximum atomic E-state index is 8.35. The zero-order chi connectivity index (χ0) is 8.36. The van der Waals surface area contributed by atoms with Gasteiger partial charge in [0.2, 0.25) is 0 Å². The molecule has 3 heteroatoms. The van der Waals surface area contributed by atoms with Crippen LogP contribution in [0.3, 0.4) is 0 Å². The Morgan fingerprint density at radius 2 is 2.09 bits per heavy atom. The van der Waals surface area contributed by atoms with E-state index in [1.54, 1.807) is 0 Å². The maximum absolute atomic E-state index is 8.35. The molecule has 0 atom stereocenters. The van der Waals surface area contributed by atoms with Crippen LogP contribution in [0.1, 0.15) is 13.3 Å². The Morgan fingerprint density at radius 1 is 1.27 bits per heavy atom. The molecule has 0 aromatic heterocycles. The summed E-state index contributed by atoms with van der Waals surface area (Å²) in [7, 11) is 0. The van der Waals surface area contributed by atoms with E-state index in [0.717, 1.165) is 13.0 Å². The first kappa shape index (κ1) is 10.9. The van der Waals surface area contributed by atoms with Crippen molar-refractivity contribution in [3.05, 3.63) is 6.42 Å². The van der Waals surface area contributed by atoms with E-state index >= 15 is 0 Å². The molecule has 11 heavy (non-hydrogen) atoms. The molecule has 67 valence electrons. The van der Waals surface area contributed by atoms with Crippen molar-refractivity contribution in [2.24, 2.45) is 0 Å². The van der Waals surface area contributed by atoms with Gasteiger partial charge in [0.05, 0.1) is 13.2 Å². The molecule has 0 aliphatic carbocycles. The highest BCUT2D eigenvalue weighted by Crippen LogP contribution is 1.89. The predicted octanol–water partition coefficient (Wildman–Crippen LogP) is 0.626. The van der Waals surface area contributed by atoms with Gasteiger partial charge in [-0.05, 0) is 19.8 Å². The quantitative estimate of drug-likeness (QED) is 0.530. The molecule has 1 radical (unpaired) electrons.